The van der Waals surface area contributed by atoms with Crippen LogP contribution in [0.15, 0.2) is 18.2 Å². The minimum absolute atomic E-state index is 0.505. The summed E-state index contributed by atoms with van der Waals surface area (Å²) in [5, 5.41) is 20.9. The molecule has 1 aliphatic heterocycles. The van der Waals surface area contributed by atoms with Gasteiger partial charge in [0.2, 0.25) is 0 Å². The van der Waals surface area contributed by atoms with Crippen LogP contribution in [-0.2, 0) is 22.6 Å². The van der Waals surface area contributed by atoms with E-state index in [1.54, 1.807) is 0 Å². The van der Waals surface area contributed by atoms with Crippen LogP contribution >= 0.6 is 0 Å². The van der Waals surface area contributed by atoms with Gasteiger partial charge in [-0.15, -0.1) is 0 Å². The second-order valence-corrected chi connectivity index (χ2v) is 10.9. The molecule has 0 aliphatic carbocycles. The van der Waals surface area contributed by atoms with Gasteiger partial charge in [-0.25, -0.2) is 0 Å². The summed E-state index contributed by atoms with van der Waals surface area (Å²) >= 11 is 0. The Labute approximate surface area is 261 Å². The summed E-state index contributed by atoms with van der Waals surface area (Å²) in [4.78, 5) is 5.07. The maximum atomic E-state index is 6.24. The minimum atomic E-state index is 0.505. The molecular formula is C31H63N9O3. The van der Waals surface area contributed by atoms with Crippen molar-refractivity contribution in [3.05, 3.63) is 29.3 Å². The first-order valence-electron chi connectivity index (χ1n) is 16.5. The van der Waals surface area contributed by atoms with Crippen LogP contribution in [0.25, 0.3) is 0 Å². The molecular weight excluding hydrogens is 546 g/mol. The van der Waals surface area contributed by atoms with E-state index in [9.17, 15) is 0 Å². The number of rotatable bonds is 23. The predicted octanol–water partition coefficient (Wildman–Crippen LogP) is -1.14. The molecule has 12 heteroatoms. The quantitative estimate of drug-likeness (QED) is 0.0757. The number of nitrogens with two attached hydrogens (primary N) is 1. The van der Waals surface area contributed by atoms with Crippen molar-refractivity contribution in [2.24, 2.45) is 5.73 Å². The van der Waals surface area contributed by atoms with Gasteiger partial charge in [-0.3, -0.25) is 9.80 Å². The lowest BCUT2D eigenvalue weighted by atomic mass is 10.1. The van der Waals surface area contributed by atoms with E-state index in [4.69, 9.17) is 19.9 Å². The molecule has 0 bridgehead atoms. The molecule has 0 unspecified atom stereocenters. The monoisotopic (exact) mass is 610 g/mol. The Morgan fingerprint density at radius 2 is 1.40 bits per heavy atom. The number of likely N-dealkylation sites (N-methyl/N-ethyl adjacent to an activating group) is 2. The largest absolute Gasteiger partial charge is 0.491 e. The van der Waals surface area contributed by atoms with Crippen LogP contribution < -0.4 is 42.4 Å². The van der Waals surface area contributed by atoms with Gasteiger partial charge < -0.3 is 51.8 Å². The molecule has 1 aromatic rings. The van der Waals surface area contributed by atoms with Crippen molar-refractivity contribution in [3.8, 4) is 5.75 Å². The second kappa shape index (κ2) is 26.9. The van der Waals surface area contributed by atoms with E-state index >= 15 is 0 Å². The second-order valence-electron chi connectivity index (χ2n) is 10.9. The van der Waals surface area contributed by atoms with Crippen LogP contribution in [-0.4, -0.2) is 155 Å². The first kappa shape index (κ1) is 37.8. The smallest absolute Gasteiger partial charge is 0.120 e. The molecule has 250 valence electrons. The maximum Gasteiger partial charge on any atom is 0.120 e. The molecule has 0 spiro atoms. The first-order chi connectivity index (χ1) is 21.2. The summed E-state index contributed by atoms with van der Waals surface area (Å²) in [5.41, 5.74) is 8.04. The molecule has 1 fully saturated rings. The lowest BCUT2D eigenvalue weighted by molar-refractivity contribution is 0.0387. The van der Waals surface area contributed by atoms with E-state index in [-0.39, 0.29) is 0 Å². The normalized spacial score (nSPS) is 15.8. The Kier molecular flexibility index (Phi) is 23.7. The number of hydrogen-bond acceptors (Lipinski definition) is 12. The third-order valence-electron chi connectivity index (χ3n) is 7.15. The van der Waals surface area contributed by atoms with Crippen molar-refractivity contribution >= 4 is 0 Å². The number of benzene rings is 1. The lowest BCUT2D eigenvalue weighted by Gasteiger charge is -2.26. The average molecular weight is 610 g/mol. The third-order valence-corrected chi connectivity index (χ3v) is 7.15. The zero-order valence-electron chi connectivity index (χ0n) is 27.2. The van der Waals surface area contributed by atoms with Gasteiger partial charge in [0, 0.05) is 111 Å². The molecule has 8 N–H and O–H groups in total. The molecule has 1 aromatic carbocycles. The standard InChI is InChI=1S/C31H63N9O3/c1-3-34-11-15-39(16-12-36-6-5-33-2)27-29-24-30(26-31(25-29)43-23-22-42-21-20-41-19-4-32)28-40-17-13-37-9-7-35-8-10-38-14-18-40/h24-26,33-38H,3-23,27-28,32H2,1-2H3. The SMILES string of the molecule is CCNCCN(CCNCCNC)Cc1cc(CN2CCNCCNCCNCC2)cc(OCCOCCOCCN)c1. The lowest BCUT2D eigenvalue weighted by Crippen LogP contribution is -2.41. The van der Waals surface area contributed by atoms with Crippen LogP contribution in [0.1, 0.15) is 18.1 Å². The van der Waals surface area contributed by atoms with E-state index < -0.39 is 0 Å². The summed E-state index contributed by atoms with van der Waals surface area (Å²) in [6.45, 7) is 22.0. The fraction of sp³-hybridized carbons (Fsp3) is 0.806. The van der Waals surface area contributed by atoms with Gasteiger partial charge in [-0.1, -0.05) is 13.0 Å². The predicted molar refractivity (Wildman–Crippen MR) is 177 cm³/mol. The number of nitrogens with one attached hydrogen (secondary N) is 6. The van der Waals surface area contributed by atoms with Crippen molar-refractivity contribution in [2.45, 2.75) is 20.0 Å². The van der Waals surface area contributed by atoms with Gasteiger partial charge in [-0.05, 0) is 36.9 Å². The van der Waals surface area contributed by atoms with Gasteiger partial charge in [0.1, 0.15) is 12.4 Å². The van der Waals surface area contributed by atoms with E-state index in [2.05, 4.69) is 66.8 Å². The maximum absolute atomic E-state index is 6.24. The molecule has 1 saturated heterocycles. The van der Waals surface area contributed by atoms with Crippen LogP contribution in [0.5, 0.6) is 5.75 Å². The van der Waals surface area contributed by atoms with Gasteiger partial charge in [0.25, 0.3) is 0 Å². The van der Waals surface area contributed by atoms with Crippen molar-refractivity contribution < 1.29 is 14.2 Å². The van der Waals surface area contributed by atoms with Crippen LogP contribution in [0, 0.1) is 0 Å². The highest BCUT2D eigenvalue weighted by atomic mass is 16.5. The zero-order valence-corrected chi connectivity index (χ0v) is 27.2. The van der Waals surface area contributed by atoms with Gasteiger partial charge >= 0.3 is 0 Å². The van der Waals surface area contributed by atoms with Gasteiger partial charge in [-0.2, -0.15) is 0 Å². The van der Waals surface area contributed by atoms with Crippen molar-refractivity contribution in [3.63, 3.8) is 0 Å². The average Bonchev–Trinajstić information content (AvgIpc) is 2.99. The number of hydrogen-bond donors (Lipinski definition) is 7. The molecule has 1 aliphatic rings. The van der Waals surface area contributed by atoms with E-state index in [0.29, 0.717) is 39.6 Å². The zero-order chi connectivity index (χ0) is 30.6. The number of ether oxygens (including phenoxy) is 3. The summed E-state index contributed by atoms with van der Waals surface area (Å²) < 4.78 is 17.3. The molecule has 0 atom stereocenters. The molecule has 1 heterocycles. The molecule has 0 amide bonds. The topological polar surface area (TPSA) is 132 Å². The Bertz CT molecular complexity index is 766. The summed E-state index contributed by atoms with van der Waals surface area (Å²) in [6.07, 6.45) is 0. The molecule has 43 heavy (non-hydrogen) atoms. The van der Waals surface area contributed by atoms with Crippen LogP contribution in [0.3, 0.4) is 0 Å². The fourth-order valence-electron chi connectivity index (χ4n) is 4.87. The Balaban J connectivity index is 2.07. The van der Waals surface area contributed by atoms with Gasteiger partial charge in [0.05, 0.1) is 26.4 Å². The Morgan fingerprint density at radius 3 is 2.07 bits per heavy atom. The highest BCUT2D eigenvalue weighted by molar-refractivity contribution is 5.34. The molecule has 0 aromatic heterocycles. The Morgan fingerprint density at radius 1 is 0.767 bits per heavy atom. The van der Waals surface area contributed by atoms with Crippen LogP contribution in [0.4, 0.5) is 0 Å². The van der Waals surface area contributed by atoms with Gasteiger partial charge in [0.15, 0.2) is 0 Å². The Hall–Kier alpha value is -1.42. The molecule has 0 radical (unpaired) electrons. The molecule has 12 nitrogen and oxygen atoms in total. The fourth-order valence-corrected chi connectivity index (χ4v) is 4.87. The first-order valence-corrected chi connectivity index (χ1v) is 16.5. The minimum Gasteiger partial charge on any atom is -0.491 e. The number of nitrogens with zero attached hydrogens (tertiary/aromatic N) is 2. The van der Waals surface area contributed by atoms with Crippen LogP contribution in [0.2, 0.25) is 0 Å². The van der Waals surface area contributed by atoms with Crippen molar-refractivity contribution in [2.75, 3.05) is 145 Å². The van der Waals surface area contributed by atoms with Crippen molar-refractivity contribution in [1.29, 1.82) is 0 Å². The third kappa shape index (κ3) is 20.3. The highest BCUT2D eigenvalue weighted by Gasteiger charge is 2.12. The summed E-state index contributed by atoms with van der Waals surface area (Å²) in [6, 6.07) is 6.78. The van der Waals surface area contributed by atoms with E-state index in [0.717, 1.165) is 117 Å². The highest BCUT2D eigenvalue weighted by Crippen LogP contribution is 2.20. The van der Waals surface area contributed by atoms with E-state index in [1.165, 1.54) is 11.1 Å². The summed E-state index contributed by atoms with van der Waals surface area (Å²) in [5.74, 6) is 0.908. The molecule has 0 saturated carbocycles. The van der Waals surface area contributed by atoms with Crippen molar-refractivity contribution in [1.82, 2.24) is 41.7 Å². The summed E-state index contributed by atoms with van der Waals surface area (Å²) in [7, 11) is 1.99. The van der Waals surface area contributed by atoms with E-state index in [1.807, 2.05) is 7.05 Å². The molecule has 2 rings (SSSR count).